The Morgan fingerprint density at radius 3 is 2.52 bits per heavy atom. The third-order valence-corrected chi connectivity index (χ3v) is 5.95. The van der Waals surface area contributed by atoms with Gasteiger partial charge in [0.05, 0.1) is 19.6 Å². The molecule has 0 spiro atoms. The van der Waals surface area contributed by atoms with Crippen LogP contribution in [0, 0.1) is 5.92 Å². The maximum absolute atomic E-state index is 13.5. The van der Waals surface area contributed by atoms with Crippen LogP contribution in [0.5, 0.6) is 5.75 Å². The second-order valence-corrected chi connectivity index (χ2v) is 7.97. The molecule has 1 atom stereocenters. The van der Waals surface area contributed by atoms with Crippen molar-refractivity contribution >= 4 is 34.5 Å². The molecule has 1 fully saturated rings. The van der Waals surface area contributed by atoms with Crippen molar-refractivity contribution in [2.45, 2.75) is 13.0 Å². The minimum Gasteiger partial charge on any atom is -0.497 e. The minimum absolute atomic E-state index is 0.0136. The zero-order chi connectivity index (χ0) is 20.2. The fourth-order valence-corrected chi connectivity index (χ4v) is 4.26. The number of carbonyl (C=O) groups is 2. The van der Waals surface area contributed by atoms with Crippen molar-refractivity contribution in [1.29, 1.82) is 0 Å². The van der Waals surface area contributed by atoms with Crippen molar-refractivity contribution in [2.24, 2.45) is 5.92 Å². The second-order valence-electron chi connectivity index (χ2n) is 6.94. The Labute approximate surface area is 174 Å². The molecule has 1 aliphatic heterocycles. The lowest BCUT2D eigenvalue weighted by Crippen LogP contribution is -2.37. The number of ether oxygens (including phenoxy) is 1. The molecule has 1 saturated heterocycles. The van der Waals surface area contributed by atoms with Gasteiger partial charge < -0.3 is 14.5 Å². The van der Waals surface area contributed by atoms with E-state index in [1.807, 2.05) is 72.1 Å². The van der Waals surface area contributed by atoms with Crippen LogP contribution in [0.3, 0.4) is 0 Å². The topological polar surface area (TPSA) is 49.9 Å². The number of benzene rings is 2. The predicted molar refractivity (Wildman–Crippen MR) is 115 cm³/mol. The Kier molecular flexibility index (Phi) is 5.62. The molecule has 5 nitrogen and oxygen atoms in total. The molecule has 29 heavy (non-hydrogen) atoms. The summed E-state index contributed by atoms with van der Waals surface area (Å²) in [5.74, 6) is 0.323. The maximum atomic E-state index is 13.5. The Hall–Kier alpha value is -3.12. The molecule has 4 rings (SSSR count). The molecule has 0 bridgehead atoms. The first kappa shape index (κ1) is 19.2. The quantitative estimate of drug-likeness (QED) is 0.612. The number of methoxy groups -OCH3 is 1. The van der Waals surface area contributed by atoms with Gasteiger partial charge in [0.25, 0.3) is 0 Å². The lowest BCUT2D eigenvalue weighted by molar-refractivity contribution is -0.124. The first-order valence-corrected chi connectivity index (χ1v) is 10.4. The van der Waals surface area contributed by atoms with Gasteiger partial charge in [-0.3, -0.25) is 9.59 Å². The normalized spacial score (nSPS) is 16.1. The highest BCUT2D eigenvalue weighted by Crippen LogP contribution is 2.30. The average molecular weight is 407 g/mol. The van der Waals surface area contributed by atoms with E-state index in [2.05, 4.69) is 0 Å². The number of para-hydroxylation sites is 1. The molecule has 2 heterocycles. The van der Waals surface area contributed by atoms with Crippen LogP contribution in [-0.2, 0) is 16.1 Å². The fourth-order valence-electron chi connectivity index (χ4n) is 3.57. The van der Waals surface area contributed by atoms with E-state index in [-0.39, 0.29) is 24.2 Å². The Balaban J connectivity index is 1.58. The largest absolute Gasteiger partial charge is 0.497 e. The lowest BCUT2D eigenvalue weighted by Gasteiger charge is -2.25. The molecule has 6 heteroatoms. The Morgan fingerprint density at radius 2 is 1.86 bits per heavy atom. The zero-order valence-electron chi connectivity index (χ0n) is 16.2. The van der Waals surface area contributed by atoms with Crippen molar-refractivity contribution in [3.05, 3.63) is 77.0 Å². The number of anilines is 2. The molecule has 0 N–H and O–H groups in total. The summed E-state index contributed by atoms with van der Waals surface area (Å²) < 4.78 is 5.24. The van der Waals surface area contributed by atoms with Gasteiger partial charge in [-0.2, -0.15) is 0 Å². The molecular formula is C23H22N2O3S. The van der Waals surface area contributed by atoms with E-state index >= 15 is 0 Å². The summed E-state index contributed by atoms with van der Waals surface area (Å²) >= 11 is 1.62. The summed E-state index contributed by atoms with van der Waals surface area (Å²) in [5.41, 5.74) is 1.64. The van der Waals surface area contributed by atoms with Gasteiger partial charge in [-0.25, -0.2) is 0 Å². The number of nitrogens with zero attached hydrogens (tertiary/aromatic N) is 2. The van der Waals surface area contributed by atoms with Gasteiger partial charge in [-0.05, 0) is 47.8 Å². The van der Waals surface area contributed by atoms with Crippen molar-refractivity contribution < 1.29 is 14.3 Å². The van der Waals surface area contributed by atoms with Crippen LogP contribution < -0.4 is 14.5 Å². The molecule has 1 aromatic heterocycles. The summed E-state index contributed by atoms with van der Waals surface area (Å²) in [6.45, 7) is 0.887. The number of amides is 2. The van der Waals surface area contributed by atoms with Gasteiger partial charge >= 0.3 is 0 Å². The van der Waals surface area contributed by atoms with Gasteiger partial charge in [0, 0.05) is 29.2 Å². The monoisotopic (exact) mass is 406 g/mol. The van der Waals surface area contributed by atoms with E-state index in [1.165, 1.54) is 0 Å². The molecule has 1 aliphatic rings. The number of hydrogen-bond donors (Lipinski definition) is 0. The third kappa shape index (κ3) is 4.17. The summed E-state index contributed by atoms with van der Waals surface area (Å²) in [7, 11) is 1.62. The molecule has 148 valence electrons. The molecule has 3 aromatic rings. The number of carbonyl (C=O) groups excluding carboxylic acids is 2. The van der Waals surface area contributed by atoms with E-state index in [4.69, 9.17) is 4.74 Å². The van der Waals surface area contributed by atoms with Crippen LogP contribution in [0.15, 0.2) is 72.1 Å². The van der Waals surface area contributed by atoms with Crippen LogP contribution in [0.4, 0.5) is 11.4 Å². The highest BCUT2D eigenvalue weighted by Gasteiger charge is 2.37. The van der Waals surface area contributed by atoms with Crippen molar-refractivity contribution in [2.75, 3.05) is 23.5 Å². The van der Waals surface area contributed by atoms with Gasteiger partial charge in [-0.15, -0.1) is 11.3 Å². The Bertz CT molecular complexity index is 971. The van der Waals surface area contributed by atoms with Crippen LogP contribution in [0.1, 0.15) is 11.3 Å². The first-order chi connectivity index (χ1) is 14.2. The standard InChI is InChI=1S/C23H22N2O3S/c1-28-20-11-9-19(10-12-20)25(16-21-8-5-13-29-21)23(27)17-14-22(26)24(15-17)18-6-3-2-4-7-18/h2-13,17H,14-16H2,1H3. The molecule has 0 radical (unpaired) electrons. The minimum atomic E-state index is -0.371. The number of hydrogen-bond acceptors (Lipinski definition) is 4. The van der Waals surface area contributed by atoms with Gasteiger partial charge in [0.1, 0.15) is 5.75 Å². The van der Waals surface area contributed by atoms with E-state index in [9.17, 15) is 9.59 Å². The van der Waals surface area contributed by atoms with Crippen molar-refractivity contribution in [3.8, 4) is 5.75 Å². The average Bonchev–Trinajstić information content (AvgIpc) is 3.42. The summed E-state index contributed by atoms with van der Waals surface area (Å²) in [4.78, 5) is 30.6. The summed E-state index contributed by atoms with van der Waals surface area (Å²) in [5, 5.41) is 2.00. The van der Waals surface area contributed by atoms with E-state index in [0.717, 1.165) is 22.0 Å². The SMILES string of the molecule is COc1ccc(N(Cc2cccs2)C(=O)C2CC(=O)N(c3ccccc3)C2)cc1. The van der Waals surface area contributed by atoms with Crippen LogP contribution >= 0.6 is 11.3 Å². The van der Waals surface area contributed by atoms with Gasteiger partial charge in [0.2, 0.25) is 11.8 Å². The maximum Gasteiger partial charge on any atom is 0.232 e. The van der Waals surface area contributed by atoms with Crippen LogP contribution in [0.25, 0.3) is 0 Å². The predicted octanol–water partition coefficient (Wildman–Crippen LogP) is 4.34. The van der Waals surface area contributed by atoms with E-state index in [1.54, 1.807) is 28.2 Å². The van der Waals surface area contributed by atoms with E-state index in [0.29, 0.717) is 13.1 Å². The Morgan fingerprint density at radius 1 is 1.10 bits per heavy atom. The van der Waals surface area contributed by atoms with Gasteiger partial charge in [-0.1, -0.05) is 24.3 Å². The molecular weight excluding hydrogens is 384 g/mol. The number of thiophene rings is 1. The second kappa shape index (κ2) is 8.49. The molecule has 2 amide bonds. The summed E-state index contributed by atoms with van der Waals surface area (Å²) in [6, 6.07) is 21.0. The van der Waals surface area contributed by atoms with Crippen molar-refractivity contribution in [3.63, 3.8) is 0 Å². The molecule has 1 unspecified atom stereocenters. The highest BCUT2D eigenvalue weighted by atomic mass is 32.1. The lowest BCUT2D eigenvalue weighted by atomic mass is 10.1. The highest BCUT2D eigenvalue weighted by molar-refractivity contribution is 7.09. The van der Waals surface area contributed by atoms with E-state index < -0.39 is 0 Å². The smallest absolute Gasteiger partial charge is 0.232 e. The van der Waals surface area contributed by atoms with Crippen LogP contribution in [-0.4, -0.2) is 25.5 Å². The zero-order valence-corrected chi connectivity index (χ0v) is 17.0. The molecule has 2 aromatic carbocycles. The van der Waals surface area contributed by atoms with Crippen LogP contribution in [0.2, 0.25) is 0 Å². The molecule has 0 aliphatic carbocycles. The molecule has 0 saturated carbocycles. The first-order valence-electron chi connectivity index (χ1n) is 9.49. The summed E-state index contributed by atoms with van der Waals surface area (Å²) in [6.07, 6.45) is 0.227. The third-order valence-electron chi connectivity index (χ3n) is 5.09. The van der Waals surface area contributed by atoms with Crippen molar-refractivity contribution in [1.82, 2.24) is 0 Å². The van der Waals surface area contributed by atoms with Gasteiger partial charge in [0.15, 0.2) is 0 Å². The fraction of sp³-hybridized carbons (Fsp3) is 0.217. The number of rotatable bonds is 6.